The molecule has 0 spiro atoms. The van der Waals surface area contributed by atoms with Gasteiger partial charge in [-0.3, -0.25) is 10.2 Å². The van der Waals surface area contributed by atoms with Crippen molar-refractivity contribution < 1.29 is 18.0 Å². The average molecular weight is 458 g/mol. The molecule has 0 fully saturated rings. The number of hydrogen-bond donors (Lipinski definition) is 1. The van der Waals surface area contributed by atoms with Crippen LogP contribution in [0.5, 0.6) is 0 Å². The topological polar surface area (TPSA) is 57.1 Å². The van der Waals surface area contributed by atoms with Crippen LogP contribution in [-0.2, 0) is 17.4 Å². The number of nitrogens with zero attached hydrogens (tertiary/aromatic N) is 2. The Morgan fingerprint density at radius 2 is 1.94 bits per heavy atom. The molecule has 4 nitrogen and oxygen atoms in total. The van der Waals surface area contributed by atoms with Crippen molar-refractivity contribution in [3.63, 3.8) is 0 Å². The fraction of sp³-hybridized carbons (Fsp3) is 0.136. The van der Waals surface area contributed by atoms with Gasteiger partial charge in [-0.05, 0) is 47.3 Å². The second kappa shape index (κ2) is 7.28. The molecule has 0 radical (unpaired) electrons. The van der Waals surface area contributed by atoms with Crippen LogP contribution >= 0.6 is 22.7 Å². The van der Waals surface area contributed by atoms with Crippen molar-refractivity contribution in [2.75, 3.05) is 11.4 Å². The SMILES string of the molecule is N=C1c2sc3nc(-c4cccs4)ccc3c2CC(=O)CN1c1cccc(C(F)(F)F)c1. The van der Waals surface area contributed by atoms with E-state index in [9.17, 15) is 18.0 Å². The number of Topliss-reactive ketones (excluding diaryl/α,β-unsaturated/α-hetero) is 1. The first kappa shape index (κ1) is 19.9. The Labute approximate surface area is 183 Å². The molecule has 1 aromatic carbocycles. The highest BCUT2D eigenvalue weighted by Crippen LogP contribution is 2.37. The normalized spacial score (nSPS) is 14.7. The number of fused-ring (bicyclic) bond motifs is 3. The number of amidine groups is 1. The van der Waals surface area contributed by atoms with Gasteiger partial charge in [-0.25, -0.2) is 4.98 Å². The van der Waals surface area contributed by atoms with E-state index in [2.05, 4.69) is 0 Å². The van der Waals surface area contributed by atoms with Crippen molar-refractivity contribution in [1.82, 2.24) is 4.98 Å². The summed E-state index contributed by atoms with van der Waals surface area (Å²) in [7, 11) is 0. The Hall–Kier alpha value is -3.04. The minimum absolute atomic E-state index is 0.0147. The van der Waals surface area contributed by atoms with E-state index in [1.807, 2.05) is 29.6 Å². The van der Waals surface area contributed by atoms with Crippen LogP contribution in [0.4, 0.5) is 18.9 Å². The smallest absolute Gasteiger partial charge is 0.318 e. The molecule has 0 saturated heterocycles. The van der Waals surface area contributed by atoms with E-state index in [0.717, 1.165) is 33.7 Å². The van der Waals surface area contributed by atoms with Crippen molar-refractivity contribution in [3.05, 3.63) is 69.9 Å². The molecule has 31 heavy (non-hydrogen) atoms. The summed E-state index contributed by atoms with van der Waals surface area (Å²) in [5.41, 5.74) is 0.889. The van der Waals surface area contributed by atoms with Crippen LogP contribution in [0.1, 0.15) is 16.0 Å². The first-order valence-corrected chi connectivity index (χ1v) is 11.0. The van der Waals surface area contributed by atoms with Gasteiger partial charge in [0, 0.05) is 17.5 Å². The van der Waals surface area contributed by atoms with Gasteiger partial charge in [-0.2, -0.15) is 13.2 Å². The Morgan fingerprint density at radius 1 is 1.10 bits per heavy atom. The lowest BCUT2D eigenvalue weighted by molar-refractivity contribution is -0.137. The van der Waals surface area contributed by atoms with Crippen LogP contribution in [0, 0.1) is 5.41 Å². The second-order valence-electron chi connectivity index (χ2n) is 7.13. The molecule has 0 bridgehead atoms. The van der Waals surface area contributed by atoms with Gasteiger partial charge in [0.1, 0.15) is 10.7 Å². The number of carbonyl (C=O) groups is 1. The fourth-order valence-corrected chi connectivity index (χ4v) is 5.50. The molecule has 1 N–H and O–H groups in total. The van der Waals surface area contributed by atoms with Crippen molar-refractivity contribution in [1.29, 1.82) is 5.41 Å². The van der Waals surface area contributed by atoms with Crippen LogP contribution < -0.4 is 4.90 Å². The first-order chi connectivity index (χ1) is 14.8. The molecule has 5 rings (SSSR count). The number of pyridine rings is 1. The third-order valence-corrected chi connectivity index (χ3v) is 7.15. The third kappa shape index (κ3) is 3.53. The van der Waals surface area contributed by atoms with E-state index in [0.29, 0.717) is 9.71 Å². The van der Waals surface area contributed by atoms with Gasteiger partial charge >= 0.3 is 6.18 Å². The highest BCUT2D eigenvalue weighted by Gasteiger charge is 2.33. The van der Waals surface area contributed by atoms with Gasteiger partial charge in [0.2, 0.25) is 0 Å². The zero-order chi connectivity index (χ0) is 21.8. The quantitative estimate of drug-likeness (QED) is 0.402. The molecular weight excluding hydrogens is 443 g/mol. The lowest BCUT2D eigenvalue weighted by atomic mass is 10.1. The molecule has 4 heterocycles. The van der Waals surface area contributed by atoms with Gasteiger partial charge in [-0.1, -0.05) is 12.1 Å². The highest BCUT2D eigenvalue weighted by atomic mass is 32.1. The molecule has 156 valence electrons. The Morgan fingerprint density at radius 3 is 2.68 bits per heavy atom. The van der Waals surface area contributed by atoms with Gasteiger partial charge in [0.15, 0.2) is 5.78 Å². The number of halogens is 3. The van der Waals surface area contributed by atoms with E-state index in [4.69, 9.17) is 10.4 Å². The van der Waals surface area contributed by atoms with Crippen LogP contribution in [0.15, 0.2) is 53.9 Å². The van der Waals surface area contributed by atoms with Crippen LogP contribution in [0.3, 0.4) is 0 Å². The number of rotatable bonds is 2. The number of thiophene rings is 2. The number of nitrogens with one attached hydrogen (secondary N) is 1. The summed E-state index contributed by atoms with van der Waals surface area (Å²) >= 11 is 2.87. The minimum atomic E-state index is -4.50. The molecule has 0 amide bonds. The third-order valence-electron chi connectivity index (χ3n) is 5.11. The lowest BCUT2D eigenvalue weighted by Gasteiger charge is -2.23. The summed E-state index contributed by atoms with van der Waals surface area (Å²) < 4.78 is 39.5. The standard InChI is InChI=1S/C22H14F3N3OS2/c23-22(24,25)12-3-1-4-13(9-12)28-11-14(29)10-16-15-6-7-17(18-5-2-8-30-18)27-21(15)31-19(16)20(28)26/h1-9,26H,10-11H2. The predicted molar refractivity (Wildman–Crippen MR) is 117 cm³/mol. The predicted octanol–water partition coefficient (Wildman–Crippen LogP) is 6.00. The maximum Gasteiger partial charge on any atom is 0.416 e. The van der Waals surface area contributed by atoms with E-state index in [1.54, 1.807) is 11.3 Å². The number of benzene rings is 1. The Bertz CT molecular complexity index is 1330. The molecule has 0 atom stereocenters. The molecular formula is C22H14F3N3OS2. The molecule has 9 heteroatoms. The van der Waals surface area contributed by atoms with Crippen molar-refractivity contribution >= 4 is 50.2 Å². The molecule has 1 aliphatic heterocycles. The summed E-state index contributed by atoms with van der Waals surface area (Å²) in [6.07, 6.45) is -4.38. The first-order valence-electron chi connectivity index (χ1n) is 9.33. The Kier molecular flexibility index (Phi) is 4.67. The van der Waals surface area contributed by atoms with Crippen molar-refractivity contribution in [2.24, 2.45) is 0 Å². The number of anilines is 1. The summed E-state index contributed by atoms with van der Waals surface area (Å²) in [6.45, 7) is -0.149. The summed E-state index contributed by atoms with van der Waals surface area (Å²) in [6, 6.07) is 12.5. The molecule has 3 aromatic heterocycles. The summed E-state index contributed by atoms with van der Waals surface area (Å²) in [5, 5.41) is 11.5. The monoisotopic (exact) mass is 457 g/mol. The average Bonchev–Trinajstić information content (AvgIpc) is 3.37. The maximum atomic E-state index is 13.2. The second-order valence-corrected chi connectivity index (χ2v) is 9.08. The number of aromatic nitrogens is 1. The van der Waals surface area contributed by atoms with Gasteiger partial charge in [0.05, 0.1) is 27.6 Å². The van der Waals surface area contributed by atoms with Crippen molar-refractivity contribution in [3.8, 4) is 10.6 Å². The minimum Gasteiger partial charge on any atom is -0.318 e. The van der Waals surface area contributed by atoms with Gasteiger partial charge < -0.3 is 4.90 Å². The number of carbonyl (C=O) groups excluding carboxylic acids is 1. The number of ketones is 1. The molecule has 0 aliphatic carbocycles. The van der Waals surface area contributed by atoms with Crippen LogP contribution in [-0.4, -0.2) is 23.1 Å². The summed E-state index contributed by atoms with van der Waals surface area (Å²) in [5.74, 6) is -0.149. The zero-order valence-corrected chi connectivity index (χ0v) is 17.5. The van der Waals surface area contributed by atoms with E-state index < -0.39 is 11.7 Å². The number of alkyl halides is 3. The van der Waals surface area contributed by atoms with Crippen molar-refractivity contribution in [2.45, 2.75) is 12.6 Å². The molecule has 4 aromatic rings. The lowest BCUT2D eigenvalue weighted by Crippen LogP contribution is -2.33. The summed E-state index contributed by atoms with van der Waals surface area (Å²) in [4.78, 5) is 21.0. The van der Waals surface area contributed by atoms with Crippen LogP contribution in [0.2, 0.25) is 0 Å². The fourth-order valence-electron chi connectivity index (χ4n) is 3.66. The highest BCUT2D eigenvalue weighted by molar-refractivity contribution is 7.21. The van der Waals surface area contributed by atoms with E-state index in [-0.39, 0.29) is 30.3 Å². The molecule has 1 aliphatic rings. The van der Waals surface area contributed by atoms with Crippen LogP contribution in [0.25, 0.3) is 20.8 Å². The van der Waals surface area contributed by atoms with E-state index in [1.165, 1.54) is 28.4 Å². The largest absolute Gasteiger partial charge is 0.416 e. The molecule has 0 saturated carbocycles. The number of hydrogen-bond acceptors (Lipinski definition) is 5. The van der Waals surface area contributed by atoms with Gasteiger partial charge in [0.25, 0.3) is 0 Å². The Balaban J connectivity index is 1.60. The maximum absolute atomic E-state index is 13.2. The van der Waals surface area contributed by atoms with E-state index >= 15 is 0 Å². The zero-order valence-electron chi connectivity index (χ0n) is 15.9. The van der Waals surface area contributed by atoms with Gasteiger partial charge in [-0.15, -0.1) is 22.7 Å². The molecule has 0 unspecified atom stereocenters.